The van der Waals surface area contributed by atoms with E-state index in [1.54, 1.807) is 19.0 Å². The number of carbonyl (C=O) groups excluding carboxylic acids is 1. The first kappa shape index (κ1) is 13.1. The van der Waals surface area contributed by atoms with Gasteiger partial charge in [-0.1, -0.05) is 5.16 Å². The summed E-state index contributed by atoms with van der Waals surface area (Å²) in [5.74, 6) is 0.535. The molecule has 2 heterocycles. The number of nitrogen functional groups attached to an aromatic ring is 1. The second-order valence-electron chi connectivity index (χ2n) is 4.54. The summed E-state index contributed by atoms with van der Waals surface area (Å²) in [6, 6.07) is 0. The van der Waals surface area contributed by atoms with Crippen LogP contribution in [0.15, 0.2) is 10.7 Å². The number of rotatable bonds is 3. The second kappa shape index (κ2) is 4.75. The number of anilines is 1. The predicted molar refractivity (Wildman–Crippen MR) is 69.4 cm³/mol. The number of aryl methyl sites for hydroxylation is 3. The molecule has 0 aromatic carbocycles. The van der Waals surface area contributed by atoms with E-state index in [0.717, 1.165) is 17.0 Å². The van der Waals surface area contributed by atoms with Crippen molar-refractivity contribution in [1.82, 2.24) is 19.8 Å². The molecule has 1 amide bonds. The summed E-state index contributed by atoms with van der Waals surface area (Å²) in [5, 5.41) is 7.84. The van der Waals surface area contributed by atoms with E-state index in [0.29, 0.717) is 17.9 Å². The lowest BCUT2D eigenvalue weighted by molar-refractivity contribution is 0.0774. The number of amides is 1. The van der Waals surface area contributed by atoms with Gasteiger partial charge in [0.1, 0.15) is 11.5 Å². The van der Waals surface area contributed by atoms with E-state index < -0.39 is 0 Å². The van der Waals surface area contributed by atoms with E-state index in [9.17, 15) is 4.79 Å². The number of aromatic nitrogens is 3. The maximum atomic E-state index is 12.3. The largest absolute Gasteiger partial charge is 0.396 e. The number of hydrogen-bond acceptors (Lipinski definition) is 5. The van der Waals surface area contributed by atoms with Crippen molar-refractivity contribution < 1.29 is 9.32 Å². The van der Waals surface area contributed by atoms with Gasteiger partial charge in [-0.15, -0.1) is 0 Å². The normalized spacial score (nSPS) is 10.7. The molecule has 0 bridgehead atoms. The molecule has 0 saturated carbocycles. The molecule has 0 saturated heterocycles. The Balaban J connectivity index is 2.21. The molecule has 2 aromatic rings. The van der Waals surface area contributed by atoms with Gasteiger partial charge < -0.3 is 15.2 Å². The van der Waals surface area contributed by atoms with Crippen molar-refractivity contribution in [3.05, 3.63) is 28.9 Å². The zero-order valence-electron chi connectivity index (χ0n) is 11.5. The summed E-state index contributed by atoms with van der Waals surface area (Å²) < 4.78 is 6.56. The van der Waals surface area contributed by atoms with Crippen molar-refractivity contribution in [1.29, 1.82) is 0 Å². The molecule has 0 unspecified atom stereocenters. The van der Waals surface area contributed by atoms with Crippen LogP contribution in [0.5, 0.6) is 0 Å². The molecule has 2 rings (SSSR count). The topological polar surface area (TPSA) is 90.2 Å². The van der Waals surface area contributed by atoms with Crippen molar-refractivity contribution in [2.75, 3.05) is 12.8 Å². The van der Waals surface area contributed by atoms with E-state index in [2.05, 4.69) is 10.3 Å². The molecule has 0 radical (unpaired) electrons. The zero-order valence-corrected chi connectivity index (χ0v) is 11.5. The SMILES string of the molecule is Cc1noc(C)c1CN(C)C(=O)c1c(N)cnn1C. The van der Waals surface area contributed by atoms with Crippen molar-refractivity contribution in [3.63, 3.8) is 0 Å². The third kappa shape index (κ3) is 2.31. The van der Waals surface area contributed by atoms with Crippen LogP contribution in [0.25, 0.3) is 0 Å². The highest BCUT2D eigenvalue weighted by Gasteiger charge is 2.21. The van der Waals surface area contributed by atoms with Gasteiger partial charge in [0.25, 0.3) is 5.91 Å². The van der Waals surface area contributed by atoms with Gasteiger partial charge in [-0.25, -0.2) is 0 Å². The van der Waals surface area contributed by atoms with E-state index in [-0.39, 0.29) is 5.91 Å². The van der Waals surface area contributed by atoms with Crippen LogP contribution in [0.3, 0.4) is 0 Å². The Hall–Kier alpha value is -2.31. The van der Waals surface area contributed by atoms with E-state index >= 15 is 0 Å². The third-order valence-corrected chi connectivity index (χ3v) is 3.09. The standard InChI is InChI=1S/C12H17N5O2/c1-7-9(8(2)19-15-7)6-16(3)12(18)11-10(13)5-14-17(11)4/h5H,6,13H2,1-4H3. The first-order chi connectivity index (χ1) is 8.91. The lowest BCUT2D eigenvalue weighted by Crippen LogP contribution is -2.29. The molecular formula is C12H17N5O2. The van der Waals surface area contributed by atoms with Crippen LogP contribution in [-0.2, 0) is 13.6 Å². The van der Waals surface area contributed by atoms with Gasteiger partial charge in [0.15, 0.2) is 0 Å². The van der Waals surface area contributed by atoms with Crippen LogP contribution < -0.4 is 5.73 Å². The molecule has 2 N–H and O–H groups in total. The molecule has 0 aliphatic heterocycles. The quantitative estimate of drug-likeness (QED) is 0.887. The first-order valence-electron chi connectivity index (χ1n) is 5.86. The summed E-state index contributed by atoms with van der Waals surface area (Å²) in [6.07, 6.45) is 1.47. The van der Waals surface area contributed by atoms with E-state index in [1.807, 2.05) is 13.8 Å². The van der Waals surface area contributed by atoms with Gasteiger partial charge in [0.2, 0.25) is 0 Å². The summed E-state index contributed by atoms with van der Waals surface area (Å²) in [5.41, 5.74) is 8.21. The van der Waals surface area contributed by atoms with Gasteiger partial charge >= 0.3 is 0 Å². The fraction of sp³-hybridized carbons (Fsp3) is 0.417. The van der Waals surface area contributed by atoms with E-state index in [4.69, 9.17) is 10.3 Å². The highest BCUT2D eigenvalue weighted by atomic mass is 16.5. The molecule has 0 aliphatic rings. The van der Waals surface area contributed by atoms with Crippen molar-refractivity contribution in [2.24, 2.45) is 7.05 Å². The average molecular weight is 263 g/mol. The number of nitrogens with zero attached hydrogens (tertiary/aromatic N) is 4. The van der Waals surface area contributed by atoms with Crippen molar-refractivity contribution in [2.45, 2.75) is 20.4 Å². The van der Waals surface area contributed by atoms with Crippen LogP contribution >= 0.6 is 0 Å². The first-order valence-corrected chi connectivity index (χ1v) is 5.86. The van der Waals surface area contributed by atoms with Gasteiger partial charge in [-0.3, -0.25) is 9.48 Å². The summed E-state index contributed by atoms with van der Waals surface area (Å²) >= 11 is 0. The lowest BCUT2D eigenvalue weighted by atomic mass is 10.2. The Morgan fingerprint density at radius 3 is 2.68 bits per heavy atom. The zero-order chi connectivity index (χ0) is 14.2. The summed E-state index contributed by atoms with van der Waals surface area (Å²) in [6.45, 7) is 4.10. The fourth-order valence-electron chi connectivity index (χ4n) is 1.93. The predicted octanol–water partition coefficient (Wildman–Crippen LogP) is 0.879. The monoisotopic (exact) mass is 263 g/mol. The van der Waals surface area contributed by atoms with Crippen LogP contribution in [0, 0.1) is 13.8 Å². The minimum absolute atomic E-state index is 0.183. The van der Waals surface area contributed by atoms with Gasteiger partial charge in [0, 0.05) is 19.7 Å². The molecular weight excluding hydrogens is 246 g/mol. The third-order valence-electron chi connectivity index (χ3n) is 3.09. The molecule has 0 spiro atoms. The number of carbonyl (C=O) groups is 1. The molecule has 0 atom stereocenters. The Morgan fingerprint density at radius 2 is 2.21 bits per heavy atom. The highest BCUT2D eigenvalue weighted by molar-refractivity contribution is 5.97. The summed E-state index contributed by atoms with van der Waals surface area (Å²) in [4.78, 5) is 13.9. The number of nitrogens with two attached hydrogens (primary N) is 1. The molecule has 19 heavy (non-hydrogen) atoms. The summed E-state index contributed by atoms with van der Waals surface area (Å²) in [7, 11) is 3.40. The van der Waals surface area contributed by atoms with Crippen LogP contribution in [0.2, 0.25) is 0 Å². The van der Waals surface area contributed by atoms with Crippen LogP contribution in [0.1, 0.15) is 27.5 Å². The van der Waals surface area contributed by atoms with Crippen LogP contribution in [0.4, 0.5) is 5.69 Å². The lowest BCUT2D eigenvalue weighted by Gasteiger charge is -2.17. The minimum atomic E-state index is -0.183. The Labute approximate surface area is 111 Å². The molecule has 2 aromatic heterocycles. The fourth-order valence-corrected chi connectivity index (χ4v) is 1.93. The molecule has 7 heteroatoms. The maximum absolute atomic E-state index is 12.3. The Bertz CT molecular complexity index is 575. The molecule has 102 valence electrons. The van der Waals surface area contributed by atoms with Gasteiger partial charge in [0.05, 0.1) is 24.1 Å². The van der Waals surface area contributed by atoms with Crippen molar-refractivity contribution in [3.8, 4) is 0 Å². The second-order valence-corrected chi connectivity index (χ2v) is 4.54. The maximum Gasteiger partial charge on any atom is 0.274 e. The number of hydrogen-bond donors (Lipinski definition) is 1. The Morgan fingerprint density at radius 1 is 1.53 bits per heavy atom. The smallest absolute Gasteiger partial charge is 0.274 e. The van der Waals surface area contributed by atoms with Crippen molar-refractivity contribution >= 4 is 11.6 Å². The highest BCUT2D eigenvalue weighted by Crippen LogP contribution is 2.17. The van der Waals surface area contributed by atoms with Crippen LogP contribution in [-0.4, -0.2) is 32.8 Å². The molecule has 7 nitrogen and oxygen atoms in total. The average Bonchev–Trinajstić information content (AvgIpc) is 2.85. The van der Waals surface area contributed by atoms with Gasteiger partial charge in [-0.2, -0.15) is 5.10 Å². The van der Waals surface area contributed by atoms with E-state index in [1.165, 1.54) is 10.9 Å². The van der Waals surface area contributed by atoms with Gasteiger partial charge in [-0.05, 0) is 13.8 Å². The Kier molecular flexibility index (Phi) is 3.28. The minimum Gasteiger partial charge on any atom is -0.396 e. The molecule has 0 aliphatic carbocycles. The molecule has 0 fully saturated rings.